The van der Waals surface area contributed by atoms with Crippen LogP contribution in [-0.2, 0) is 9.63 Å². The lowest BCUT2D eigenvalue weighted by molar-refractivity contribution is -0.165. The van der Waals surface area contributed by atoms with Crippen molar-refractivity contribution < 1.29 is 33.1 Å². The van der Waals surface area contributed by atoms with Gasteiger partial charge in [0.05, 0.1) is 11.1 Å². The molecule has 0 N–H and O–H groups in total. The van der Waals surface area contributed by atoms with Gasteiger partial charge in [-0.3, -0.25) is 9.59 Å². The summed E-state index contributed by atoms with van der Waals surface area (Å²) in [6, 6.07) is 11.4. The molecule has 0 atom stereocenters. The van der Waals surface area contributed by atoms with Crippen molar-refractivity contribution in [1.29, 1.82) is 0 Å². The van der Waals surface area contributed by atoms with Crippen molar-refractivity contribution in [3.8, 4) is 23.0 Å². The minimum absolute atomic E-state index is 0.127. The summed E-state index contributed by atoms with van der Waals surface area (Å²) in [7, 11) is 0. The van der Waals surface area contributed by atoms with Gasteiger partial charge in [0.25, 0.3) is 17.0 Å². The third-order valence-corrected chi connectivity index (χ3v) is 5.08. The summed E-state index contributed by atoms with van der Waals surface area (Å²) >= 11 is 0.919. The minimum Gasteiger partial charge on any atom is -0.454 e. The first-order valence-electron chi connectivity index (χ1n) is 8.65. The lowest BCUT2D eigenvalue weighted by Crippen LogP contribution is -2.33. The number of benzene rings is 2. The van der Waals surface area contributed by atoms with Gasteiger partial charge in [0, 0.05) is 5.56 Å². The maximum atomic E-state index is 12.2. The minimum atomic E-state index is -0.808. The Morgan fingerprint density at radius 1 is 1.03 bits per heavy atom. The standard InChI is InChI=1S/C19H11N3O7S/c23-15(29-22-17(24)11-3-1-2-4-12(11)18(22)25)8-30-19-21-20-16(28-19)10-5-6-13-14(7-10)27-9-26-13/h1-7H,8-9H2. The quantitative estimate of drug-likeness (QED) is 0.445. The van der Waals surface area contributed by atoms with Crippen LogP contribution in [0.2, 0.25) is 0 Å². The molecule has 1 aromatic heterocycles. The third kappa shape index (κ3) is 3.14. The van der Waals surface area contributed by atoms with E-state index in [1.807, 2.05) is 0 Å². The van der Waals surface area contributed by atoms with Gasteiger partial charge in [-0.2, -0.15) is 0 Å². The van der Waals surface area contributed by atoms with E-state index in [-0.39, 0.29) is 34.8 Å². The zero-order chi connectivity index (χ0) is 20.7. The summed E-state index contributed by atoms with van der Waals surface area (Å²) in [6.07, 6.45) is 0. The molecular weight excluding hydrogens is 414 g/mol. The number of ether oxygens (including phenoxy) is 2. The van der Waals surface area contributed by atoms with Crippen LogP contribution in [0, 0.1) is 0 Å². The summed E-state index contributed by atoms with van der Waals surface area (Å²) in [4.78, 5) is 41.5. The molecule has 11 heteroatoms. The van der Waals surface area contributed by atoms with Crippen molar-refractivity contribution in [3.63, 3.8) is 0 Å². The van der Waals surface area contributed by atoms with Crippen molar-refractivity contribution in [1.82, 2.24) is 15.3 Å². The zero-order valence-corrected chi connectivity index (χ0v) is 15.9. The largest absolute Gasteiger partial charge is 0.454 e. The highest BCUT2D eigenvalue weighted by atomic mass is 32.2. The van der Waals surface area contributed by atoms with E-state index in [0.29, 0.717) is 22.1 Å². The SMILES string of the molecule is O=C(CSc1nnc(-c2ccc3c(c2)OCO3)o1)ON1C(=O)c2ccccc2C1=O. The molecule has 0 fully saturated rings. The van der Waals surface area contributed by atoms with Gasteiger partial charge in [0.1, 0.15) is 5.75 Å². The van der Waals surface area contributed by atoms with E-state index in [0.717, 1.165) is 11.8 Å². The molecule has 0 bridgehead atoms. The van der Waals surface area contributed by atoms with E-state index in [1.165, 1.54) is 12.1 Å². The molecule has 150 valence electrons. The van der Waals surface area contributed by atoms with Gasteiger partial charge in [-0.15, -0.1) is 10.2 Å². The normalized spacial score (nSPS) is 14.2. The molecular formula is C19H11N3O7S. The number of fused-ring (bicyclic) bond motifs is 2. The Balaban J connectivity index is 1.21. The molecule has 30 heavy (non-hydrogen) atoms. The molecule has 0 radical (unpaired) electrons. The molecule has 10 nitrogen and oxygen atoms in total. The van der Waals surface area contributed by atoms with Crippen molar-refractivity contribution in [2.45, 2.75) is 5.22 Å². The predicted octanol–water partition coefficient (Wildman–Crippen LogP) is 2.31. The molecule has 2 aliphatic rings. The number of carbonyl (C=O) groups excluding carboxylic acids is 3. The number of hydrogen-bond acceptors (Lipinski definition) is 10. The van der Waals surface area contributed by atoms with Crippen LogP contribution in [0.25, 0.3) is 11.5 Å². The maximum Gasteiger partial charge on any atom is 0.343 e. The Hall–Kier alpha value is -3.86. The fourth-order valence-corrected chi connectivity index (χ4v) is 3.44. The van der Waals surface area contributed by atoms with Crippen molar-refractivity contribution in [3.05, 3.63) is 53.6 Å². The zero-order valence-electron chi connectivity index (χ0n) is 15.1. The van der Waals surface area contributed by atoms with Crippen LogP contribution in [-0.4, -0.2) is 45.6 Å². The number of hydroxylamine groups is 2. The Morgan fingerprint density at radius 2 is 1.77 bits per heavy atom. The molecule has 0 aliphatic carbocycles. The van der Waals surface area contributed by atoms with Crippen molar-refractivity contribution in [2.24, 2.45) is 0 Å². The molecule has 0 saturated heterocycles. The number of thioether (sulfide) groups is 1. The first kappa shape index (κ1) is 18.2. The van der Waals surface area contributed by atoms with E-state index in [9.17, 15) is 14.4 Å². The second-order valence-corrected chi connectivity index (χ2v) is 7.07. The molecule has 3 heterocycles. The predicted molar refractivity (Wildman–Crippen MR) is 99.6 cm³/mol. The number of carbonyl (C=O) groups is 3. The van der Waals surface area contributed by atoms with Crippen LogP contribution in [0.5, 0.6) is 11.5 Å². The highest BCUT2D eigenvalue weighted by Crippen LogP contribution is 2.36. The Kier molecular flexibility index (Phi) is 4.36. The lowest BCUT2D eigenvalue weighted by atomic mass is 10.1. The summed E-state index contributed by atoms with van der Waals surface area (Å²) in [6.45, 7) is 0.152. The average molecular weight is 425 g/mol. The van der Waals surface area contributed by atoms with Crippen LogP contribution < -0.4 is 9.47 Å². The van der Waals surface area contributed by atoms with E-state index in [2.05, 4.69) is 10.2 Å². The molecule has 2 aromatic carbocycles. The number of hydrogen-bond donors (Lipinski definition) is 0. The van der Waals surface area contributed by atoms with Gasteiger partial charge < -0.3 is 18.7 Å². The number of aromatic nitrogens is 2. The van der Waals surface area contributed by atoms with E-state index >= 15 is 0 Å². The van der Waals surface area contributed by atoms with Crippen LogP contribution in [0.15, 0.2) is 52.1 Å². The molecule has 2 amide bonds. The topological polar surface area (TPSA) is 121 Å². The second kappa shape index (κ2) is 7.19. The van der Waals surface area contributed by atoms with Gasteiger partial charge in [-0.1, -0.05) is 29.0 Å². The van der Waals surface area contributed by atoms with E-state index in [4.69, 9.17) is 18.7 Å². The monoisotopic (exact) mass is 425 g/mol. The molecule has 0 saturated carbocycles. The van der Waals surface area contributed by atoms with Gasteiger partial charge in [0.15, 0.2) is 11.5 Å². The fourth-order valence-electron chi connectivity index (χ4n) is 2.91. The van der Waals surface area contributed by atoms with Gasteiger partial charge in [-0.05, 0) is 30.3 Å². The van der Waals surface area contributed by atoms with E-state index in [1.54, 1.807) is 30.3 Å². The highest BCUT2D eigenvalue weighted by molar-refractivity contribution is 7.99. The van der Waals surface area contributed by atoms with Crippen LogP contribution in [0.4, 0.5) is 0 Å². The number of imide groups is 1. The van der Waals surface area contributed by atoms with Crippen molar-refractivity contribution >= 4 is 29.5 Å². The number of rotatable bonds is 5. The molecule has 5 rings (SSSR count). The summed E-state index contributed by atoms with van der Waals surface area (Å²) in [5.41, 5.74) is 1.01. The van der Waals surface area contributed by atoms with Gasteiger partial charge in [-0.25, -0.2) is 4.79 Å². The van der Waals surface area contributed by atoms with Crippen LogP contribution in [0.1, 0.15) is 20.7 Å². The third-order valence-electron chi connectivity index (χ3n) is 4.29. The smallest absolute Gasteiger partial charge is 0.343 e. The Bertz CT molecular complexity index is 1160. The average Bonchev–Trinajstić information content (AvgIpc) is 3.48. The molecule has 0 spiro atoms. The Morgan fingerprint density at radius 3 is 2.53 bits per heavy atom. The fraction of sp³-hybridized carbons (Fsp3) is 0.105. The van der Waals surface area contributed by atoms with Gasteiger partial charge >= 0.3 is 5.97 Å². The molecule has 0 unspecified atom stereocenters. The van der Waals surface area contributed by atoms with Crippen molar-refractivity contribution in [2.75, 3.05) is 12.5 Å². The first-order valence-corrected chi connectivity index (χ1v) is 9.63. The summed E-state index contributed by atoms with van der Waals surface area (Å²) < 4.78 is 16.1. The summed E-state index contributed by atoms with van der Waals surface area (Å²) in [5, 5.41) is 8.40. The summed E-state index contributed by atoms with van der Waals surface area (Å²) in [5.74, 6) is -0.973. The lowest BCUT2D eigenvalue weighted by Gasteiger charge is -2.11. The highest BCUT2D eigenvalue weighted by Gasteiger charge is 2.38. The molecule has 2 aliphatic heterocycles. The first-order chi connectivity index (χ1) is 14.6. The van der Waals surface area contributed by atoms with Gasteiger partial charge in [0.2, 0.25) is 12.7 Å². The number of amides is 2. The number of nitrogens with zero attached hydrogens (tertiary/aromatic N) is 3. The maximum absolute atomic E-state index is 12.2. The second-order valence-electron chi connectivity index (χ2n) is 6.14. The molecule has 3 aromatic rings. The van der Waals surface area contributed by atoms with Crippen LogP contribution >= 0.6 is 11.8 Å². The Labute approximate surface area is 172 Å². The van der Waals surface area contributed by atoms with E-state index < -0.39 is 17.8 Å². The van der Waals surface area contributed by atoms with Crippen LogP contribution in [0.3, 0.4) is 0 Å².